The highest BCUT2D eigenvalue weighted by Gasteiger charge is 2.23. The molecule has 0 bridgehead atoms. The van der Waals surface area contributed by atoms with E-state index in [-0.39, 0.29) is 0 Å². The Bertz CT molecular complexity index is 916. The molecule has 1 aliphatic heterocycles. The lowest BCUT2D eigenvalue weighted by Crippen LogP contribution is -2.28. The van der Waals surface area contributed by atoms with Gasteiger partial charge in [0.15, 0.2) is 0 Å². The maximum atomic E-state index is 6.30. The van der Waals surface area contributed by atoms with Crippen LogP contribution < -0.4 is 5.32 Å². The molecule has 130 valence electrons. The van der Waals surface area contributed by atoms with Crippen LogP contribution >= 0.6 is 39.1 Å². The molecule has 0 unspecified atom stereocenters. The highest BCUT2D eigenvalue weighted by atomic mass is 79.9. The molecule has 1 N–H and O–H groups in total. The van der Waals surface area contributed by atoms with Crippen LogP contribution in [0.25, 0.3) is 11.0 Å². The summed E-state index contributed by atoms with van der Waals surface area (Å²) >= 11 is 16.2. The molecule has 6 heteroatoms. The Morgan fingerprint density at radius 3 is 2.60 bits per heavy atom. The van der Waals surface area contributed by atoms with E-state index in [1.54, 1.807) is 0 Å². The van der Waals surface area contributed by atoms with Crippen LogP contribution in [0.3, 0.4) is 0 Å². The van der Waals surface area contributed by atoms with Gasteiger partial charge in [0.25, 0.3) is 0 Å². The fourth-order valence-electron chi connectivity index (χ4n) is 3.49. The van der Waals surface area contributed by atoms with Gasteiger partial charge in [-0.25, -0.2) is 4.98 Å². The minimum absolute atomic E-state index is 0.452. The number of nitrogens with zero attached hydrogens (tertiary/aromatic N) is 2. The molecular formula is C19H18BrCl2N3. The summed E-state index contributed by atoms with van der Waals surface area (Å²) in [4.78, 5) is 4.94. The van der Waals surface area contributed by atoms with Crippen molar-refractivity contribution in [3.05, 3.63) is 62.3 Å². The number of piperidine rings is 1. The lowest BCUT2D eigenvalue weighted by Gasteiger charge is -2.23. The van der Waals surface area contributed by atoms with E-state index >= 15 is 0 Å². The fraction of sp³-hybridized carbons (Fsp3) is 0.316. The molecule has 0 amide bonds. The number of halogens is 3. The number of aromatic nitrogens is 2. The first-order chi connectivity index (χ1) is 12.1. The van der Waals surface area contributed by atoms with E-state index in [1.807, 2.05) is 18.2 Å². The molecule has 0 radical (unpaired) electrons. The minimum Gasteiger partial charge on any atom is -0.323 e. The first kappa shape index (κ1) is 17.3. The highest BCUT2D eigenvalue weighted by Crippen LogP contribution is 2.33. The molecule has 0 aliphatic carbocycles. The van der Waals surface area contributed by atoms with Crippen molar-refractivity contribution in [3.8, 4) is 0 Å². The Balaban J connectivity index is 1.86. The number of imidazole rings is 1. The van der Waals surface area contributed by atoms with Gasteiger partial charge in [0, 0.05) is 10.4 Å². The number of hydrogen-bond donors (Lipinski definition) is 1. The molecular weight excluding hydrogens is 421 g/mol. The summed E-state index contributed by atoms with van der Waals surface area (Å²) < 4.78 is 3.40. The van der Waals surface area contributed by atoms with E-state index in [4.69, 9.17) is 28.2 Å². The van der Waals surface area contributed by atoms with Gasteiger partial charge < -0.3 is 9.88 Å². The van der Waals surface area contributed by atoms with Crippen LogP contribution in [0.15, 0.2) is 40.9 Å². The fourth-order valence-corrected chi connectivity index (χ4v) is 4.22. The van der Waals surface area contributed by atoms with Crippen molar-refractivity contribution in [3.63, 3.8) is 0 Å². The largest absolute Gasteiger partial charge is 0.323 e. The molecule has 25 heavy (non-hydrogen) atoms. The topological polar surface area (TPSA) is 29.9 Å². The van der Waals surface area contributed by atoms with E-state index in [1.165, 1.54) is 5.56 Å². The molecule has 0 saturated carbocycles. The summed E-state index contributed by atoms with van der Waals surface area (Å²) in [6.07, 6.45) is 2.20. The molecule has 3 aromatic rings. The monoisotopic (exact) mass is 437 g/mol. The molecule has 1 aliphatic rings. The zero-order valence-electron chi connectivity index (χ0n) is 13.6. The average Bonchev–Trinajstić information content (AvgIpc) is 2.96. The van der Waals surface area contributed by atoms with Gasteiger partial charge >= 0.3 is 0 Å². The molecule has 1 aromatic heterocycles. The predicted octanol–water partition coefficient (Wildman–Crippen LogP) is 5.62. The Labute approximate surface area is 165 Å². The third-order valence-corrected chi connectivity index (χ3v) is 6.31. The van der Waals surface area contributed by atoms with Gasteiger partial charge in [-0.05, 0) is 49.7 Å². The zero-order valence-corrected chi connectivity index (χ0v) is 16.7. The van der Waals surface area contributed by atoms with Crippen LogP contribution in [-0.4, -0.2) is 22.6 Å². The van der Waals surface area contributed by atoms with Crippen molar-refractivity contribution in [1.29, 1.82) is 0 Å². The van der Waals surface area contributed by atoms with Crippen molar-refractivity contribution < 1.29 is 0 Å². The number of benzene rings is 2. The number of nitrogens with one attached hydrogen (secondary N) is 1. The maximum Gasteiger partial charge on any atom is 0.113 e. The number of hydrogen-bond acceptors (Lipinski definition) is 2. The summed E-state index contributed by atoms with van der Waals surface area (Å²) in [6, 6.07) is 12.1. The van der Waals surface area contributed by atoms with Crippen molar-refractivity contribution in [2.75, 3.05) is 13.1 Å². The van der Waals surface area contributed by atoms with Gasteiger partial charge in [-0.15, -0.1) is 0 Å². The second-order valence-electron chi connectivity index (χ2n) is 6.43. The van der Waals surface area contributed by atoms with Crippen molar-refractivity contribution in [2.45, 2.75) is 25.3 Å². The third-order valence-electron chi connectivity index (χ3n) is 4.81. The van der Waals surface area contributed by atoms with Crippen molar-refractivity contribution in [1.82, 2.24) is 14.9 Å². The normalized spacial score (nSPS) is 15.8. The molecule has 0 spiro atoms. The zero-order chi connectivity index (χ0) is 17.4. The maximum absolute atomic E-state index is 6.30. The van der Waals surface area contributed by atoms with Crippen LogP contribution in [0.2, 0.25) is 10.0 Å². The van der Waals surface area contributed by atoms with E-state index in [0.29, 0.717) is 16.0 Å². The Morgan fingerprint density at radius 1 is 1.12 bits per heavy atom. The van der Waals surface area contributed by atoms with Gasteiger partial charge in [-0.3, -0.25) is 0 Å². The molecule has 1 saturated heterocycles. The van der Waals surface area contributed by atoms with Crippen LogP contribution in [0, 0.1) is 0 Å². The summed E-state index contributed by atoms with van der Waals surface area (Å²) in [5.41, 5.74) is 3.18. The first-order valence-electron chi connectivity index (χ1n) is 8.43. The Kier molecular flexibility index (Phi) is 5.05. The standard InChI is InChI=1S/C19H18BrCl2N3/c20-14-4-2-1-3-13(14)11-25-18-10-16(22)15(21)9-17(18)24-19(25)12-5-7-23-8-6-12/h1-4,9-10,12,23H,5-8,11H2. The van der Waals surface area contributed by atoms with Crippen LogP contribution in [0.5, 0.6) is 0 Å². The highest BCUT2D eigenvalue weighted by molar-refractivity contribution is 9.10. The van der Waals surface area contributed by atoms with Crippen molar-refractivity contribution in [2.24, 2.45) is 0 Å². The van der Waals surface area contributed by atoms with Gasteiger partial charge in [-0.1, -0.05) is 57.3 Å². The van der Waals surface area contributed by atoms with Gasteiger partial charge in [0.1, 0.15) is 5.82 Å². The molecule has 1 fully saturated rings. The smallest absolute Gasteiger partial charge is 0.113 e. The van der Waals surface area contributed by atoms with E-state index in [9.17, 15) is 0 Å². The third kappa shape index (κ3) is 3.45. The van der Waals surface area contributed by atoms with Gasteiger partial charge in [0.05, 0.1) is 27.6 Å². The van der Waals surface area contributed by atoms with Crippen LogP contribution in [0.4, 0.5) is 0 Å². The van der Waals surface area contributed by atoms with E-state index in [0.717, 1.165) is 53.8 Å². The summed E-state index contributed by atoms with van der Waals surface area (Å²) in [5, 5.41) is 4.55. The molecule has 2 heterocycles. The second-order valence-corrected chi connectivity index (χ2v) is 8.10. The molecule has 0 atom stereocenters. The van der Waals surface area contributed by atoms with E-state index in [2.05, 4.69) is 44.0 Å². The van der Waals surface area contributed by atoms with Crippen LogP contribution in [0.1, 0.15) is 30.1 Å². The lowest BCUT2D eigenvalue weighted by molar-refractivity contribution is 0.435. The molecule has 2 aromatic carbocycles. The Morgan fingerprint density at radius 2 is 1.84 bits per heavy atom. The summed E-state index contributed by atoms with van der Waals surface area (Å²) in [7, 11) is 0. The first-order valence-corrected chi connectivity index (χ1v) is 9.97. The predicted molar refractivity (Wildman–Crippen MR) is 108 cm³/mol. The van der Waals surface area contributed by atoms with Gasteiger partial charge in [0.2, 0.25) is 0 Å². The molecule has 4 rings (SSSR count). The summed E-state index contributed by atoms with van der Waals surface area (Å²) in [6.45, 7) is 2.82. The lowest BCUT2D eigenvalue weighted by atomic mass is 9.97. The SMILES string of the molecule is Clc1cc2nc(C3CCNCC3)n(Cc3ccccc3Br)c2cc1Cl. The average molecular weight is 439 g/mol. The van der Waals surface area contributed by atoms with Crippen LogP contribution in [-0.2, 0) is 6.54 Å². The van der Waals surface area contributed by atoms with E-state index < -0.39 is 0 Å². The summed E-state index contributed by atoms with van der Waals surface area (Å²) in [5.74, 6) is 1.58. The minimum atomic E-state index is 0.452. The van der Waals surface area contributed by atoms with Gasteiger partial charge in [-0.2, -0.15) is 0 Å². The Hall–Kier alpha value is -1.07. The quantitative estimate of drug-likeness (QED) is 0.574. The molecule has 3 nitrogen and oxygen atoms in total. The number of fused-ring (bicyclic) bond motifs is 1. The van der Waals surface area contributed by atoms with Crippen molar-refractivity contribution >= 4 is 50.2 Å². The second kappa shape index (κ2) is 7.28. The number of rotatable bonds is 3.